The molecule has 0 aliphatic rings. The maximum absolute atomic E-state index is 12.8. The number of rotatable bonds is 4. The number of amides is 1. The van der Waals surface area contributed by atoms with E-state index in [9.17, 15) is 14.7 Å². The summed E-state index contributed by atoms with van der Waals surface area (Å²) in [5, 5.41) is 11.0. The zero-order valence-electron chi connectivity index (χ0n) is 13.7. The van der Waals surface area contributed by atoms with Crippen LogP contribution in [0.4, 0.5) is 0 Å². The molecule has 26 heavy (non-hydrogen) atoms. The third-order valence-electron chi connectivity index (χ3n) is 4.24. The van der Waals surface area contributed by atoms with Gasteiger partial charge in [-0.15, -0.1) is 0 Å². The van der Waals surface area contributed by atoms with Crippen LogP contribution in [-0.4, -0.2) is 20.6 Å². The standard InChI is InChI=1S/C18H15Cl2N3O3/c1-9(10-3-5-13(19)14(20)6-10)23-8-22-15-7-11(16(24)17(21)25)2-4-12(15)18(23)26/h2-9,16,24H,1H3,(H2,21,25). The Bertz CT molecular complexity index is 1070. The van der Waals surface area contributed by atoms with Crippen LogP contribution in [0.1, 0.15) is 30.2 Å². The van der Waals surface area contributed by atoms with Crippen molar-refractivity contribution in [1.29, 1.82) is 0 Å². The second-order valence-electron chi connectivity index (χ2n) is 5.89. The molecular weight excluding hydrogens is 377 g/mol. The van der Waals surface area contributed by atoms with Crippen LogP contribution in [0.5, 0.6) is 0 Å². The van der Waals surface area contributed by atoms with Crippen molar-refractivity contribution in [2.75, 3.05) is 0 Å². The number of aromatic nitrogens is 2. The quantitative estimate of drug-likeness (QED) is 0.713. The van der Waals surface area contributed by atoms with Crippen molar-refractivity contribution >= 4 is 40.0 Å². The Balaban J connectivity index is 2.06. The summed E-state index contributed by atoms with van der Waals surface area (Å²) in [5.41, 5.74) is 6.30. The van der Waals surface area contributed by atoms with E-state index in [4.69, 9.17) is 28.9 Å². The summed E-state index contributed by atoms with van der Waals surface area (Å²) in [6.45, 7) is 1.85. The number of benzene rings is 2. The van der Waals surface area contributed by atoms with Gasteiger partial charge in [-0.25, -0.2) is 4.98 Å². The first kappa shape index (κ1) is 18.4. The molecule has 0 bridgehead atoms. The van der Waals surface area contributed by atoms with Gasteiger partial charge in [0.1, 0.15) is 0 Å². The van der Waals surface area contributed by atoms with Gasteiger partial charge in [-0.3, -0.25) is 14.2 Å². The number of carbonyl (C=O) groups is 1. The Morgan fingerprint density at radius 1 is 1.15 bits per heavy atom. The number of hydrogen-bond donors (Lipinski definition) is 2. The number of hydrogen-bond acceptors (Lipinski definition) is 4. The summed E-state index contributed by atoms with van der Waals surface area (Å²) in [4.78, 5) is 28.2. The van der Waals surface area contributed by atoms with Gasteiger partial charge in [0.05, 0.1) is 33.3 Å². The van der Waals surface area contributed by atoms with Crippen molar-refractivity contribution in [1.82, 2.24) is 9.55 Å². The first-order valence-electron chi connectivity index (χ1n) is 7.72. The molecule has 8 heteroatoms. The van der Waals surface area contributed by atoms with E-state index in [0.29, 0.717) is 20.9 Å². The molecule has 0 saturated heterocycles. The van der Waals surface area contributed by atoms with Crippen LogP contribution in [0.3, 0.4) is 0 Å². The Kier molecular flexibility index (Phi) is 5.00. The van der Waals surface area contributed by atoms with E-state index in [1.54, 1.807) is 18.2 Å². The van der Waals surface area contributed by atoms with Crippen LogP contribution in [0, 0.1) is 0 Å². The number of nitrogens with two attached hydrogens (primary N) is 1. The number of nitrogens with zero attached hydrogens (tertiary/aromatic N) is 2. The smallest absolute Gasteiger partial charge is 0.261 e. The van der Waals surface area contributed by atoms with E-state index in [1.807, 2.05) is 6.92 Å². The van der Waals surface area contributed by atoms with E-state index < -0.39 is 12.0 Å². The van der Waals surface area contributed by atoms with Gasteiger partial charge in [-0.05, 0) is 42.3 Å². The second-order valence-corrected chi connectivity index (χ2v) is 6.70. The minimum absolute atomic E-state index is 0.256. The van der Waals surface area contributed by atoms with Crippen LogP contribution in [-0.2, 0) is 4.79 Å². The summed E-state index contributed by atoms with van der Waals surface area (Å²) in [5.74, 6) is -0.870. The highest BCUT2D eigenvalue weighted by molar-refractivity contribution is 6.42. The van der Waals surface area contributed by atoms with E-state index in [-0.39, 0.29) is 17.2 Å². The molecule has 0 aliphatic heterocycles. The molecule has 0 aliphatic carbocycles. The van der Waals surface area contributed by atoms with Gasteiger partial charge in [-0.2, -0.15) is 0 Å². The first-order chi connectivity index (χ1) is 12.3. The van der Waals surface area contributed by atoms with Gasteiger partial charge in [0.25, 0.3) is 11.5 Å². The molecule has 2 unspecified atom stereocenters. The first-order valence-corrected chi connectivity index (χ1v) is 8.48. The maximum Gasteiger partial charge on any atom is 0.261 e. The lowest BCUT2D eigenvalue weighted by Gasteiger charge is -2.16. The van der Waals surface area contributed by atoms with Gasteiger partial charge >= 0.3 is 0 Å². The molecule has 0 spiro atoms. The number of aliphatic hydroxyl groups excluding tert-OH is 1. The van der Waals surface area contributed by atoms with E-state index in [1.165, 1.54) is 29.1 Å². The number of aliphatic hydroxyl groups is 1. The Morgan fingerprint density at radius 3 is 2.50 bits per heavy atom. The summed E-state index contributed by atoms with van der Waals surface area (Å²) >= 11 is 12.0. The minimum Gasteiger partial charge on any atom is -0.378 e. The summed E-state index contributed by atoms with van der Waals surface area (Å²) in [6, 6.07) is 9.33. The van der Waals surface area contributed by atoms with Gasteiger partial charge in [0, 0.05) is 0 Å². The number of primary amides is 1. The van der Waals surface area contributed by atoms with Crippen LogP contribution in [0.15, 0.2) is 47.5 Å². The van der Waals surface area contributed by atoms with Gasteiger partial charge in [0.2, 0.25) is 0 Å². The van der Waals surface area contributed by atoms with Crippen molar-refractivity contribution in [3.63, 3.8) is 0 Å². The van der Waals surface area contributed by atoms with E-state index in [0.717, 1.165) is 5.56 Å². The fourth-order valence-electron chi connectivity index (χ4n) is 2.70. The predicted octanol–water partition coefficient (Wildman–Crippen LogP) is 2.83. The molecule has 6 nitrogen and oxygen atoms in total. The van der Waals surface area contributed by atoms with Crippen molar-refractivity contribution in [3.05, 3.63) is 74.3 Å². The molecule has 2 atom stereocenters. The van der Waals surface area contributed by atoms with Gasteiger partial charge in [-0.1, -0.05) is 35.3 Å². The normalized spacial score (nSPS) is 13.5. The van der Waals surface area contributed by atoms with Crippen molar-refractivity contribution < 1.29 is 9.90 Å². The molecular formula is C18H15Cl2N3O3. The van der Waals surface area contributed by atoms with Gasteiger partial charge in [0.15, 0.2) is 6.10 Å². The fourth-order valence-corrected chi connectivity index (χ4v) is 3.00. The Morgan fingerprint density at radius 2 is 1.85 bits per heavy atom. The molecule has 134 valence electrons. The Labute approximate surface area is 158 Å². The summed E-state index contributed by atoms with van der Waals surface area (Å²) in [6.07, 6.45) is -0.0306. The summed E-state index contributed by atoms with van der Waals surface area (Å²) in [7, 11) is 0. The highest BCUT2D eigenvalue weighted by atomic mass is 35.5. The molecule has 0 saturated carbocycles. The third-order valence-corrected chi connectivity index (χ3v) is 4.98. The monoisotopic (exact) mass is 391 g/mol. The number of halogens is 2. The SMILES string of the molecule is CC(c1ccc(Cl)c(Cl)c1)n1cnc2cc(C(O)C(N)=O)ccc2c1=O. The van der Waals surface area contributed by atoms with Crippen LogP contribution in [0.25, 0.3) is 10.9 Å². The minimum atomic E-state index is -1.45. The molecule has 1 heterocycles. The Hall–Kier alpha value is -2.41. The second kappa shape index (κ2) is 7.07. The molecule has 0 fully saturated rings. The highest BCUT2D eigenvalue weighted by Gasteiger charge is 2.17. The molecule has 0 radical (unpaired) electrons. The summed E-state index contributed by atoms with van der Waals surface area (Å²) < 4.78 is 1.48. The van der Waals surface area contributed by atoms with Crippen LogP contribution >= 0.6 is 23.2 Å². The molecule has 3 aromatic rings. The molecule has 1 aromatic heterocycles. The fraction of sp³-hybridized carbons (Fsp3) is 0.167. The van der Waals surface area contributed by atoms with Crippen molar-refractivity contribution in [2.24, 2.45) is 5.73 Å². The van der Waals surface area contributed by atoms with E-state index >= 15 is 0 Å². The van der Waals surface area contributed by atoms with Gasteiger partial charge < -0.3 is 10.8 Å². The molecule has 3 N–H and O–H groups in total. The van der Waals surface area contributed by atoms with Crippen molar-refractivity contribution in [3.8, 4) is 0 Å². The lowest BCUT2D eigenvalue weighted by atomic mass is 10.1. The zero-order valence-corrected chi connectivity index (χ0v) is 15.2. The zero-order chi connectivity index (χ0) is 19.0. The topological polar surface area (TPSA) is 98.2 Å². The van der Waals surface area contributed by atoms with Crippen molar-refractivity contribution in [2.45, 2.75) is 19.1 Å². The molecule has 3 rings (SSSR count). The maximum atomic E-state index is 12.8. The predicted molar refractivity (Wildman–Crippen MR) is 100 cm³/mol. The highest BCUT2D eigenvalue weighted by Crippen LogP contribution is 2.27. The lowest BCUT2D eigenvalue weighted by Crippen LogP contribution is -2.25. The average molecular weight is 392 g/mol. The molecule has 2 aromatic carbocycles. The number of fused-ring (bicyclic) bond motifs is 1. The van der Waals surface area contributed by atoms with Crippen LogP contribution < -0.4 is 11.3 Å². The van der Waals surface area contributed by atoms with E-state index in [2.05, 4.69) is 4.98 Å². The largest absolute Gasteiger partial charge is 0.378 e. The van der Waals surface area contributed by atoms with Crippen LogP contribution in [0.2, 0.25) is 10.0 Å². The average Bonchev–Trinajstić information content (AvgIpc) is 2.62. The molecule has 1 amide bonds. The third kappa shape index (κ3) is 3.31. The lowest BCUT2D eigenvalue weighted by molar-refractivity contribution is -0.126. The number of carbonyl (C=O) groups excluding carboxylic acids is 1.